The summed E-state index contributed by atoms with van der Waals surface area (Å²) in [6.45, 7) is 0. The van der Waals surface area contributed by atoms with Gasteiger partial charge in [0.05, 0.1) is 5.41 Å². The van der Waals surface area contributed by atoms with Crippen molar-refractivity contribution < 1.29 is 9.90 Å². The van der Waals surface area contributed by atoms with Crippen LogP contribution in [-0.2, 0) is 10.2 Å². The summed E-state index contributed by atoms with van der Waals surface area (Å²) in [5.74, 6) is -0.682. The molecule has 3 nitrogen and oxygen atoms in total. The number of carboxylic acids is 1. The topological polar surface area (TPSA) is 49.3 Å². The maximum Gasteiger partial charge on any atom is 0.314 e. The van der Waals surface area contributed by atoms with Crippen LogP contribution in [-0.4, -0.2) is 24.2 Å². The van der Waals surface area contributed by atoms with Gasteiger partial charge >= 0.3 is 5.97 Å². The third kappa shape index (κ3) is 2.20. The SMILES string of the molecule is CNC1CCC(C(=O)O)(c2ccccc2)CC1. The van der Waals surface area contributed by atoms with Crippen molar-refractivity contribution in [2.75, 3.05) is 7.05 Å². The average molecular weight is 233 g/mol. The maximum absolute atomic E-state index is 11.7. The van der Waals surface area contributed by atoms with Gasteiger partial charge in [-0.3, -0.25) is 4.79 Å². The number of hydrogen-bond acceptors (Lipinski definition) is 2. The van der Waals surface area contributed by atoms with Crippen LogP contribution in [0, 0.1) is 0 Å². The van der Waals surface area contributed by atoms with Gasteiger partial charge in [-0.15, -0.1) is 0 Å². The molecule has 92 valence electrons. The van der Waals surface area contributed by atoms with Crippen molar-refractivity contribution in [2.24, 2.45) is 0 Å². The molecule has 3 heteroatoms. The van der Waals surface area contributed by atoms with Crippen molar-refractivity contribution >= 4 is 5.97 Å². The highest BCUT2D eigenvalue weighted by atomic mass is 16.4. The molecule has 0 bridgehead atoms. The highest BCUT2D eigenvalue weighted by Gasteiger charge is 2.42. The first-order valence-corrected chi connectivity index (χ1v) is 6.15. The Labute approximate surface area is 102 Å². The normalized spacial score (nSPS) is 28.9. The molecule has 0 unspecified atom stereocenters. The lowest BCUT2D eigenvalue weighted by Gasteiger charge is -2.37. The van der Waals surface area contributed by atoms with Crippen molar-refractivity contribution in [3.8, 4) is 0 Å². The molecule has 1 fully saturated rings. The van der Waals surface area contributed by atoms with Gasteiger partial charge in [-0.1, -0.05) is 30.3 Å². The van der Waals surface area contributed by atoms with Crippen molar-refractivity contribution in [1.82, 2.24) is 5.32 Å². The third-order valence-electron chi connectivity index (χ3n) is 3.98. The van der Waals surface area contributed by atoms with Crippen molar-refractivity contribution in [3.05, 3.63) is 35.9 Å². The minimum Gasteiger partial charge on any atom is -0.481 e. The molecular formula is C14H19NO2. The van der Waals surface area contributed by atoms with Crippen LogP contribution in [0.1, 0.15) is 31.2 Å². The van der Waals surface area contributed by atoms with Crippen molar-refractivity contribution in [2.45, 2.75) is 37.1 Å². The molecule has 2 rings (SSSR count). The minimum absolute atomic E-state index is 0.464. The van der Waals surface area contributed by atoms with E-state index in [2.05, 4.69) is 5.32 Å². The fourth-order valence-corrected chi connectivity index (χ4v) is 2.78. The Kier molecular flexibility index (Phi) is 3.48. The highest BCUT2D eigenvalue weighted by Crippen LogP contribution is 2.39. The van der Waals surface area contributed by atoms with Crippen LogP contribution in [0.2, 0.25) is 0 Å². The van der Waals surface area contributed by atoms with Gasteiger partial charge in [-0.05, 0) is 38.3 Å². The minimum atomic E-state index is -0.682. The average Bonchev–Trinajstić information content (AvgIpc) is 2.39. The maximum atomic E-state index is 11.7. The van der Waals surface area contributed by atoms with Gasteiger partial charge in [0, 0.05) is 6.04 Å². The van der Waals surface area contributed by atoms with Gasteiger partial charge in [-0.2, -0.15) is 0 Å². The summed E-state index contributed by atoms with van der Waals surface area (Å²) in [6, 6.07) is 10.1. The lowest BCUT2D eigenvalue weighted by atomic mass is 9.68. The number of rotatable bonds is 3. The Morgan fingerprint density at radius 3 is 2.35 bits per heavy atom. The summed E-state index contributed by atoms with van der Waals surface area (Å²) in [5.41, 5.74) is 0.274. The van der Waals surface area contributed by atoms with Gasteiger partial charge in [0.1, 0.15) is 0 Å². The summed E-state index contributed by atoms with van der Waals surface area (Å²) in [4.78, 5) is 11.7. The molecule has 0 aromatic heterocycles. The monoisotopic (exact) mass is 233 g/mol. The second-order valence-corrected chi connectivity index (χ2v) is 4.82. The number of carbonyl (C=O) groups is 1. The van der Waals surface area contributed by atoms with E-state index in [1.165, 1.54) is 0 Å². The number of aliphatic carboxylic acids is 1. The van der Waals surface area contributed by atoms with Gasteiger partial charge in [0.2, 0.25) is 0 Å². The zero-order chi connectivity index (χ0) is 12.3. The van der Waals surface area contributed by atoms with Crippen LogP contribution in [0.5, 0.6) is 0 Å². The fourth-order valence-electron chi connectivity index (χ4n) is 2.78. The van der Waals surface area contributed by atoms with Gasteiger partial charge in [0.15, 0.2) is 0 Å². The van der Waals surface area contributed by atoms with E-state index in [0.29, 0.717) is 6.04 Å². The molecule has 2 N–H and O–H groups in total. The van der Waals surface area contributed by atoms with E-state index in [4.69, 9.17) is 0 Å². The number of nitrogens with one attached hydrogen (secondary N) is 1. The molecule has 1 aliphatic carbocycles. The molecule has 0 atom stereocenters. The van der Waals surface area contributed by atoms with Crippen LogP contribution in [0.3, 0.4) is 0 Å². The lowest BCUT2D eigenvalue weighted by Crippen LogP contribution is -2.43. The van der Waals surface area contributed by atoms with E-state index >= 15 is 0 Å². The number of carboxylic acid groups (broad SMARTS) is 1. The first kappa shape index (κ1) is 12.1. The van der Waals surface area contributed by atoms with Crippen LogP contribution in [0.25, 0.3) is 0 Å². The molecule has 0 aliphatic heterocycles. The Balaban J connectivity index is 2.27. The standard InChI is InChI=1S/C14H19NO2/c1-15-12-7-9-14(10-8-12,13(16)17)11-5-3-2-4-6-11/h2-6,12,15H,7-10H2,1H3,(H,16,17). The molecule has 0 heterocycles. The largest absolute Gasteiger partial charge is 0.481 e. The van der Waals surface area contributed by atoms with Gasteiger partial charge < -0.3 is 10.4 Å². The fraction of sp³-hybridized carbons (Fsp3) is 0.500. The van der Waals surface area contributed by atoms with Crippen LogP contribution in [0.4, 0.5) is 0 Å². The molecule has 1 aromatic carbocycles. The number of benzene rings is 1. The molecule has 0 saturated heterocycles. The quantitative estimate of drug-likeness (QED) is 0.841. The van der Waals surface area contributed by atoms with E-state index in [1.54, 1.807) is 0 Å². The summed E-state index contributed by atoms with van der Waals surface area (Å²) < 4.78 is 0. The first-order chi connectivity index (χ1) is 8.19. The highest BCUT2D eigenvalue weighted by molar-refractivity contribution is 5.81. The Hall–Kier alpha value is -1.35. The van der Waals surface area contributed by atoms with E-state index in [0.717, 1.165) is 31.2 Å². The van der Waals surface area contributed by atoms with E-state index in [-0.39, 0.29) is 0 Å². The number of hydrogen-bond donors (Lipinski definition) is 2. The molecule has 0 radical (unpaired) electrons. The summed E-state index contributed by atoms with van der Waals surface area (Å²) in [5, 5.41) is 12.8. The predicted molar refractivity (Wildman–Crippen MR) is 67.1 cm³/mol. The molecule has 0 amide bonds. The Morgan fingerprint density at radius 2 is 1.88 bits per heavy atom. The summed E-state index contributed by atoms with van der Waals surface area (Å²) in [6.07, 6.45) is 3.30. The zero-order valence-electron chi connectivity index (χ0n) is 10.1. The first-order valence-electron chi connectivity index (χ1n) is 6.15. The summed E-state index contributed by atoms with van der Waals surface area (Å²) >= 11 is 0. The summed E-state index contributed by atoms with van der Waals surface area (Å²) in [7, 11) is 1.95. The predicted octanol–water partition coefficient (Wildman–Crippen LogP) is 2.17. The van der Waals surface area contributed by atoms with E-state index < -0.39 is 11.4 Å². The lowest BCUT2D eigenvalue weighted by molar-refractivity contribution is -0.145. The van der Waals surface area contributed by atoms with Gasteiger partial charge in [-0.25, -0.2) is 0 Å². The van der Waals surface area contributed by atoms with Crippen LogP contribution < -0.4 is 5.32 Å². The molecule has 17 heavy (non-hydrogen) atoms. The van der Waals surface area contributed by atoms with Crippen molar-refractivity contribution in [3.63, 3.8) is 0 Å². The Morgan fingerprint density at radius 1 is 1.29 bits per heavy atom. The second-order valence-electron chi connectivity index (χ2n) is 4.82. The van der Waals surface area contributed by atoms with Gasteiger partial charge in [0.25, 0.3) is 0 Å². The van der Waals surface area contributed by atoms with Crippen molar-refractivity contribution in [1.29, 1.82) is 0 Å². The van der Waals surface area contributed by atoms with E-state index in [1.807, 2.05) is 37.4 Å². The molecule has 1 aliphatic rings. The molecule has 0 spiro atoms. The smallest absolute Gasteiger partial charge is 0.314 e. The van der Waals surface area contributed by atoms with Crippen LogP contribution >= 0.6 is 0 Å². The second kappa shape index (κ2) is 4.88. The van der Waals surface area contributed by atoms with Crippen LogP contribution in [0.15, 0.2) is 30.3 Å². The third-order valence-corrected chi connectivity index (χ3v) is 3.98. The molecule has 1 saturated carbocycles. The Bertz CT molecular complexity index is 380. The zero-order valence-corrected chi connectivity index (χ0v) is 10.1. The molecular weight excluding hydrogens is 214 g/mol. The molecule has 1 aromatic rings. The van der Waals surface area contributed by atoms with E-state index in [9.17, 15) is 9.90 Å².